The lowest BCUT2D eigenvalue weighted by molar-refractivity contribution is -0.166. The van der Waals surface area contributed by atoms with E-state index in [1.54, 1.807) is 48.5 Å². The van der Waals surface area contributed by atoms with Crippen LogP contribution >= 0.6 is 0 Å². The average Bonchev–Trinajstić information content (AvgIpc) is 3.27. The number of fused-ring (bicyclic) bond motifs is 1. The van der Waals surface area contributed by atoms with E-state index in [0.717, 1.165) is 0 Å². The van der Waals surface area contributed by atoms with Crippen molar-refractivity contribution < 1.29 is 28.7 Å². The van der Waals surface area contributed by atoms with Gasteiger partial charge in [-0.15, -0.1) is 0 Å². The molecule has 4 fully saturated rings. The Morgan fingerprint density at radius 1 is 0.556 bits per heavy atom. The molecular formula is C28H24N2O6. The first kappa shape index (κ1) is 21.4. The van der Waals surface area contributed by atoms with Crippen molar-refractivity contribution in [2.24, 2.45) is 47.3 Å². The summed E-state index contributed by atoms with van der Waals surface area (Å²) in [6, 6.07) is 14.0. The first-order chi connectivity index (χ1) is 17.5. The van der Waals surface area contributed by atoms with Crippen molar-refractivity contribution in [1.29, 1.82) is 0 Å². The standard InChI is InChI=1S/C28H24N2O6/c1-35-17-9-5-3-7-15(17)29-25(31)21-13-11-12-14(22(21)26(29)32)20-19(13)23-24(20)28(34)30(27(23)33)16-8-4-6-10-18(16)36-2/h3-14,19-24H,1-2H3/t13-,14+,19-,20-,21+,22-,23-,24-/m1/s1. The van der Waals surface area contributed by atoms with E-state index in [2.05, 4.69) is 0 Å². The van der Waals surface area contributed by atoms with E-state index in [-0.39, 0.29) is 47.3 Å². The summed E-state index contributed by atoms with van der Waals surface area (Å²) in [6.07, 6.45) is 4.01. The van der Waals surface area contributed by atoms with Gasteiger partial charge in [0.05, 0.1) is 49.3 Å². The lowest BCUT2D eigenvalue weighted by Crippen LogP contribution is -2.63. The molecule has 182 valence electrons. The zero-order valence-corrected chi connectivity index (χ0v) is 19.7. The van der Waals surface area contributed by atoms with Gasteiger partial charge < -0.3 is 9.47 Å². The Kier molecular flexibility index (Phi) is 4.32. The number of ether oxygens (including phenoxy) is 2. The van der Waals surface area contributed by atoms with Gasteiger partial charge in [-0.05, 0) is 47.9 Å². The number of nitrogens with zero attached hydrogens (tertiary/aromatic N) is 2. The molecule has 2 heterocycles. The van der Waals surface area contributed by atoms with Gasteiger partial charge in [0, 0.05) is 0 Å². The summed E-state index contributed by atoms with van der Waals surface area (Å²) in [5.74, 6) is -2.97. The van der Waals surface area contributed by atoms with Crippen LogP contribution in [0.4, 0.5) is 11.4 Å². The number of carbonyl (C=O) groups excluding carboxylic acids is 4. The lowest BCUT2D eigenvalue weighted by Gasteiger charge is -2.60. The van der Waals surface area contributed by atoms with Crippen molar-refractivity contribution in [3.63, 3.8) is 0 Å². The minimum Gasteiger partial charge on any atom is -0.495 e. The van der Waals surface area contributed by atoms with Crippen LogP contribution in [0, 0.1) is 47.3 Å². The number of hydrogen-bond acceptors (Lipinski definition) is 6. The van der Waals surface area contributed by atoms with Crippen LogP contribution in [0.2, 0.25) is 0 Å². The van der Waals surface area contributed by atoms with E-state index in [0.29, 0.717) is 22.9 Å². The summed E-state index contributed by atoms with van der Waals surface area (Å²) in [5.41, 5.74) is 0.877. The highest BCUT2D eigenvalue weighted by molar-refractivity contribution is 6.25. The summed E-state index contributed by atoms with van der Waals surface area (Å²) in [4.78, 5) is 57.2. The molecule has 8 nitrogen and oxygen atoms in total. The van der Waals surface area contributed by atoms with E-state index >= 15 is 0 Å². The van der Waals surface area contributed by atoms with Gasteiger partial charge in [0.2, 0.25) is 23.6 Å². The number of methoxy groups -OCH3 is 2. The summed E-state index contributed by atoms with van der Waals surface area (Å²) < 4.78 is 10.8. The second-order valence-electron chi connectivity index (χ2n) is 10.2. The van der Waals surface area contributed by atoms with Crippen molar-refractivity contribution >= 4 is 35.0 Å². The first-order valence-corrected chi connectivity index (χ1v) is 12.2. The van der Waals surface area contributed by atoms with E-state index in [9.17, 15) is 19.2 Å². The van der Waals surface area contributed by atoms with Crippen LogP contribution in [-0.4, -0.2) is 37.8 Å². The monoisotopic (exact) mass is 484 g/mol. The third kappa shape index (κ3) is 2.39. The summed E-state index contributed by atoms with van der Waals surface area (Å²) in [5, 5.41) is 0. The van der Waals surface area contributed by atoms with Crippen molar-refractivity contribution in [3.8, 4) is 11.5 Å². The predicted molar refractivity (Wildman–Crippen MR) is 128 cm³/mol. The number of benzene rings is 2. The van der Waals surface area contributed by atoms with Crippen LogP contribution in [0.1, 0.15) is 0 Å². The van der Waals surface area contributed by atoms with Crippen molar-refractivity contribution in [2.75, 3.05) is 24.0 Å². The Balaban J connectivity index is 1.26. The highest BCUT2D eigenvalue weighted by Crippen LogP contribution is 2.68. The highest BCUT2D eigenvalue weighted by Gasteiger charge is 2.75. The molecule has 8 rings (SSSR count). The lowest BCUT2D eigenvalue weighted by atomic mass is 9.40. The number of rotatable bonds is 4. The van der Waals surface area contributed by atoms with Gasteiger partial charge in [0.25, 0.3) is 0 Å². The van der Waals surface area contributed by atoms with Crippen molar-refractivity contribution in [3.05, 3.63) is 60.7 Å². The van der Waals surface area contributed by atoms with Gasteiger partial charge in [-0.1, -0.05) is 36.4 Å². The summed E-state index contributed by atoms with van der Waals surface area (Å²) in [6.45, 7) is 0. The molecular weight excluding hydrogens is 460 g/mol. The van der Waals surface area contributed by atoms with Crippen molar-refractivity contribution in [1.82, 2.24) is 0 Å². The maximum Gasteiger partial charge on any atom is 0.238 e. The molecule has 0 radical (unpaired) electrons. The number of hydrogen-bond donors (Lipinski definition) is 0. The van der Waals surface area contributed by atoms with Crippen LogP contribution < -0.4 is 19.3 Å². The normalized spacial score (nSPS) is 35.5. The van der Waals surface area contributed by atoms with Crippen LogP contribution in [-0.2, 0) is 19.2 Å². The Bertz CT molecular complexity index is 1330. The molecule has 2 saturated carbocycles. The molecule has 4 amide bonds. The fraction of sp³-hybridized carbons (Fsp3) is 0.357. The summed E-state index contributed by atoms with van der Waals surface area (Å²) in [7, 11) is 3.02. The minimum atomic E-state index is -0.539. The Hall–Kier alpha value is -3.94. The van der Waals surface area contributed by atoms with Crippen LogP contribution in [0.15, 0.2) is 60.7 Å². The number of anilines is 2. The fourth-order valence-corrected chi connectivity index (χ4v) is 7.70. The van der Waals surface area contributed by atoms with Crippen LogP contribution in [0.25, 0.3) is 0 Å². The largest absolute Gasteiger partial charge is 0.495 e. The van der Waals surface area contributed by atoms with Crippen molar-refractivity contribution in [2.45, 2.75) is 0 Å². The summed E-state index contributed by atoms with van der Waals surface area (Å²) >= 11 is 0. The molecule has 2 bridgehead atoms. The molecule has 8 heteroatoms. The molecule has 36 heavy (non-hydrogen) atoms. The Morgan fingerprint density at radius 2 is 0.917 bits per heavy atom. The molecule has 0 unspecified atom stereocenters. The molecule has 2 aromatic rings. The number of carbonyl (C=O) groups is 4. The molecule has 6 aliphatic rings. The highest BCUT2D eigenvalue weighted by atomic mass is 16.5. The Morgan fingerprint density at radius 3 is 1.31 bits per heavy atom. The first-order valence-electron chi connectivity index (χ1n) is 12.2. The molecule has 2 aromatic carbocycles. The third-order valence-corrected chi connectivity index (χ3v) is 9.00. The van der Waals surface area contributed by atoms with E-state index < -0.39 is 23.7 Å². The molecule has 0 aromatic heterocycles. The average molecular weight is 485 g/mol. The van der Waals surface area contributed by atoms with Gasteiger partial charge in [-0.25, -0.2) is 9.80 Å². The minimum absolute atomic E-state index is 0.142. The molecule has 0 spiro atoms. The van der Waals surface area contributed by atoms with E-state index in [1.165, 1.54) is 24.0 Å². The van der Waals surface area contributed by atoms with Gasteiger partial charge in [-0.2, -0.15) is 0 Å². The number of allylic oxidation sites excluding steroid dienone is 2. The molecule has 8 atom stereocenters. The number of para-hydroxylation sites is 4. The second-order valence-corrected chi connectivity index (χ2v) is 10.2. The molecule has 4 aliphatic carbocycles. The maximum absolute atomic E-state index is 13.7. The third-order valence-electron chi connectivity index (χ3n) is 9.00. The van der Waals surface area contributed by atoms with Gasteiger partial charge in [-0.3, -0.25) is 19.2 Å². The fourth-order valence-electron chi connectivity index (χ4n) is 7.70. The van der Waals surface area contributed by atoms with Crippen LogP contribution in [0.5, 0.6) is 11.5 Å². The number of imide groups is 2. The topological polar surface area (TPSA) is 93.2 Å². The van der Waals surface area contributed by atoms with E-state index in [4.69, 9.17) is 9.47 Å². The molecule has 0 N–H and O–H groups in total. The van der Waals surface area contributed by atoms with Gasteiger partial charge in [0.15, 0.2) is 0 Å². The van der Waals surface area contributed by atoms with Gasteiger partial charge in [0.1, 0.15) is 11.5 Å². The number of amides is 4. The molecule has 2 aliphatic heterocycles. The Labute approximate surface area is 207 Å². The smallest absolute Gasteiger partial charge is 0.238 e. The van der Waals surface area contributed by atoms with Gasteiger partial charge >= 0.3 is 0 Å². The second kappa shape index (κ2) is 7.29. The maximum atomic E-state index is 13.7. The zero-order valence-electron chi connectivity index (χ0n) is 19.7. The van der Waals surface area contributed by atoms with Crippen LogP contribution in [0.3, 0.4) is 0 Å². The SMILES string of the molecule is COc1ccccc1N1C(=O)[C@@H]2[C@H]3C=C[C@@H]([C@@H]2C1=O)[C@H]1[C@H]2C(=O)N(c4ccccc4OC)C(=O)[C@@H]2[C@H]31. The van der Waals surface area contributed by atoms with E-state index in [1.807, 2.05) is 12.2 Å². The zero-order chi connectivity index (χ0) is 24.9. The predicted octanol–water partition coefficient (Wildman–Crippen LogP) is 2.68. The quantitative estimate of drug-likeness (QED) is 0.489. The molecule has 2 saturated heterocycles.